The number of benzene rings is 2. The monoisotopic (exact) mass is 546 g/mol. The van der Waals surface area contributed by atoms with Crippen molar-refractivity contribution in [3.05, 3.63) is 76.2 Å². The van der Waals surface area contributed by atoms with E-state index < -0.39 is 27.9 Å². The number of carbonyl (C=O) groups is 1. The molecule has 0 saturated carbocycles. The van der Waals surface area contributed by atoms with E-state index in [-0.39, 0.29) is 29.7 Å². The van der Waals surface area contributed by atoms with Crippen LogP contribution in [0.4, 0.5) is 4.39 Å². The van der Waals surface area contributed by atoms with Gasteiger partial charge in [0.05, 0.1) is 24.6 Å². The largest absolute Gasteiger partial charge is 0.497 e. The van der Waals surface area contributed by atoms with Gasteiger partial charge in [-0.15, -0.1) is 11.3 Å². The van der Waals surface area contributed by atoms with Crippen LogP contribution in [0.1, 0.15) is 36.8 Å². The van der Waals surface area contributed by atoms with Crippen molar-refractivity contribution in [2.45, 2.75) is 43.7 Å². The predicted octanol–water partition coefficient (Wildman–Crippen LogP) is 4.89. The molecule has 0 aliphatic carbocycles. The van der Waals surface area contributed by atoms with Crippen LogP contribution in [0.3, 0.4) is 0 Å². The number of halogens is 1. The Morgan fingerprint density at radius 3 is 2.59 bits per heavy atom. The number of fused-ring (bicyclic) bond motifs is 1. The van der Waals surface area contributed by atoms with E-state index in [1.54, 1.807) is 53.5 Å². The second kappa shape index (κ2) is 11.6. The van der Waals surface area contributed by atoms with Crippen LogP contribution in [0.15, 0.2) is 64.9 Å². The van der Waals surface area contributed by atoms with Gasteiger partial charge in [0.1, 0.15) is 12.4 Å². The minimum Gasteiger partial charge on any atom is -0.497 e. The Hall–Kier alpha value is -2.95. The summed E-state index contributed by atoms with van der Waals surface area (Å²) in [5.41, 5.74) is 0.953. The minimum absolute atomic E-state index is 0.0605. The average Bonchev–Trinajstić information content (AvgIpc) is 3.39. The molecular weight excluding hydrogens is 515 g/mol. The van der Waals surface area contributed by atoms with E-state index in [2.05, 4.69) is 0 Å². The lowest BCUT2D eigenvalue weighted by Gasteiger charge is -2.37. The van der Waals surface area contributed by atoms with Crippen molar-refractivity contribution >= 4 is 27.3 Å². The first-order valence-electron chi connectivity index (χ1n) is 12.1. The number of thiophene rings is 1. The average molecular weight is 547 g/mol. The summed E-state index contributed by atoms with van der Waals surface area (Å²) in [5, 5.41) is 1.97. The van der Waals surface area contributed by atoms with E-state index in [1.165, 1.54) is 29.6 Å². The lowest BCUT2D eigenvalue weighted by Crippen LogP contribution is -2.49. The molecule has 7 nitrogen and oxygen atoms in total. The van der Waals surface area contributed by atoms with E-state index in [0.717, 1.165) is 10.4 Å². The molecule has 0 fully saturated rings. The molecule has 2 heterocycles. The molecule has 198 valence electrons. The smallest absolute Gasteiger partial charge is 0.243 e. The molecule has 0 bridgehead atoms. The first kappa shape index (κ1) is 27.1. The Kier molecular flexibility index (Phi) is 8.51. The topological polar surface area (TPSA) is 76.2 Å². The van der Waals surface area contributed by atoms with Gasteiger partial charge < -0.3 is 14.4 Å². The highest BCUT2D eigenvalue weighted by Gasteiger charge is 2.36. The molecule has 0 N–H and O–H groups in total. The molecule has 1 aliphatic rings. The maximum atomic E-state index is 14.2. The first-order chi connectivity index (χ1) is 17.8. The number of methoxy groups -OCH3 is 1. The quantitative estimate of drug-likeness (QED) is 0.362. The zero-order valence-electron chi connectivity index (χ0n) is 21.1. The Bertz CT molecular complexity index is 1330. The van der Waals surface area contributed by atoms with Crippen molar-refractivity contribution in [2.24, 2.45) is 0 Å². The van der Waals surface area contributed by atoms with Crippen LogP contribution in [-0.2, 0) is 21.2 Å². The summed E-state index contributed by atoms with van der Waals surface area (Å²) in [6.45, 7) is 3.86. The second-order valence-corrected chi connectivity index (χ2v) is 11.8. The van der Waals surface area contributed by atoms with E-state index in [0.29, 0.717) is 25.1 Å². The first-order valence-corrected chi connectivity index (χ1v) is 14.5. The third-order valence-electron chi connectivity index (χ3n) is 6.69. The van der Waals surface area contributed by atoms with Crippen molar-refractivity contribution in [3.63, 3.8) is 0 Å². The van der Waals surface area contributed by atoms with Crippen molar-refractivity contribution < 1.29 is 27.1 Å². The van der Waals surface area contributed by atoms with Gasteiger partial charge in [0.25, 0.3) is 0 Å². The molecule has 2 aromatic carbocycles. The zero-order valence-corrected chi connectivity index (χ0v) is 22.7. The number of hydrogen-bond donors (Lipinski definition) is 0. The normalized spacial score (nSPS) is 16.4. The summed E-state index contributed by atoms with van der Waals surface area (Å²) in [5.74, 6) is -0.144. The fourth-order valence-electron chi connectivity index (χ4n) is 4.39. The van der Waals surface area contributed by atoms with Crippen molar-refractivity contribution in [1.29, 1.82) is 0 Å². The van der Waals surface area contributed by atoms with Gasteiger partial charge in [-0.05, 0) is 73.2 Å². The number of amides is 1. The Labute approximate surface area is 221 Å². The Morgan fingerprint density at radius 1 is 1.19 bits per heavy atom. The number of rotatable bonds is 10. The summed E-state index contributed by atoms with van der Waals surface area (Å²) in [6, 6.07) is 13.4. The fourth-order valence-corrected chi connectivity index (χ4v) is 6.98. The van der Waals surface area contributed by atoms with Gasteiger partial charge in [-0.1, -0.05) is 19.1 Å². The van der Waals surface area contributed by atoms with Gasteiger partial charge in [-0.25, -0.2) is 12.8 Å². The number of para-hydroxylation sites is 1. The van der Waals surface area contributed by atoms with Gasteiger partial charge in [0.15, 0.2) is 11.6 Å². The number of carbonyl (C=O) groups excluding carboxylic acids is 1. The summed E-state index contributed by atoms with van der Waals surface area (Å²) < 4.78 is 53.6. The number of sulfonamides is 1. The Morgan fingerprint density at radius 2 is 1.92 bits per heavy atom. The highest BCUT2D eigenvalue weighted by atomic mass is 32.2. The molecule has 10 heteroatoms. The van der Waals surface area contributed by atoms with E-state index in [4.69, 9.17) is 9.47 Å². The van der Waals surface area contributed by atoms with Gasteiger partial charge in [-0.3, -0.25) is 4.79 Å². The van der Waals surface area contributed by atoms with Gasteiger partial charge in [-0.2, -0.15) is 4.31 Å². The SMILES string of the molecule is CC[C@H](C)N(CC(=O)N1CCc2sccc2[C@@H]1COc1ccccc1F)S(=O)(=O)c1ccc(OC)cc1. The third-order valence-corrected chi connectivity index (χ3v) is 9.66. The second-order valence-electron chi connectivity index (χ2n) is 8.88. The summed E-state index contributed by atoms with van der Waals surface area (Å²) >= 11 is 1.61. The predicted molar refractivity (Wildman–Crippen MR) is 141 cm³/mol. The number of ether oxygens (including phenoxy) is 2. The van der Waals surface area contributed by atoms with Crippen molar-refractivity contribution in [2.75, 3.05) is 26.8 Å². The fraction of sp³-hybridized carbons (Fsp3) is 0.370. The van der Waals surface area contributed by atoms with Crippen LogP contribution in [-0.4, -0.2) is 56.4 Å². The molecule has 1 aliphatic heterocycles. The summed E-state index contributed by atoms with van der Waals surface area (Å²) in [4.78, 5) is 16.6. The lowest BCUT2D eigenvalue weighted by atomic mass is 10.0. The van der Waals surface area contributed by atoms with Crippen molar-refractivity contribution in [3.8, 4) is 11.5 Å². The van der Waals surface area contributed by atoms with E-state index in [9.17, 15) is 17.6 Å². The lowest BCUT2D eigenvalue weighted by molar-refractivity contribution is -0.135. The minimum atomic E-state index is -3.95. The molecule has 37 heavy (non-hydrogen) atoms. The maximum Gasteiger partial charge on any atom is 0.243 e. The molecule has 3 aromatic rings. The molecule has 0 unspecified atom stereocenters. The molecular formula is C27H31FN2O5S2. The number of hydrogen-bond acceptors (Lipinski definition) is 6. The van der Waals surface area contributed by atoms with Crippen LogP contribution in [0.25, 0.3) is 0 Å². The summed E-state index contributed by atoms with van der Waals surface area (Å²) in [7, 11) is -2.44. The van der Waals surface area contributed by atoms with Crippen LogP contribution in [0, 0.1) is 5.82 Å². The molecule has 1 amide bonds. The highest BCUT2D eigenvalue weighted by Crippen LogP contribution is 2.34. The molecule has 1 aromatic heterocycles. The molecule has 0 saturated heterocycles. The van der Waals surface area contributed by atoms with Gasteiger partial charge in [0.2, 0.25) is 15.9 Å². The zero-order chi connectivity index (χ0) is 26.6. The van der Waals surface area contributed by atoms with Crippen molar-refractivity contribution in [1.82, 2.24) is 9.21 Å². The molecule has 0 radical (unpaired) electrons. The maximum absolute atomic E-state index is 14.2. The number of nitrogens with zero attached hydrogens (tertiary/aromatic N) is 2. The van der Waals surface area contributed by atoms with Crippen LogP contribution >= 0.6 is 11.3 Å². The standard InChI is InChI=1S/C27H31FN2O5S2/c1-4-19(2)30(37(32,33)21-11-9-20(34-3)10-12-21)17-27(31)29-15-13-26-22(14-16-36-26)24(29)18-35-25-8-6-5-7-23(25)28/h5-12,14,16,19,24H,4,13,15,17-18H2,1-3H3/t19-,24-/m0/s1. The van der Waals surface area contributed by atoms with Gasteiger partial charge >= 0.3 is 0 Å². The van der Waals surface area contributed by atoms with E-state index >= 15 is 0 Å². The third kappa shape index (κ3) is 5.81. The van der Waals surface area contributed by atoms with Crippen LogP contribution in [0.5, 0.6) is 11.5 Å². The molecule has 4 rings (SSSR count). The van der Waals surface area contributed by atoms with E-state index in [1.807, 2.05) is 18.4 Å². The molecule has 0 spiro atoms. The summed E-state index contributed by atoms with van der Waals surface area (Å²) in [6.07, 6.45) is 1.21. The Balaban J connectivity index is 1.59. The highest BCUT2D eigenvalue weighted by molar-refractivity contribution is 7.89. The molecule has 2 atom stereocenters. The van der Waals surface area contributed by atoms with Crippen LogP contribution in [0.2, 0.25) is 0 Å². The van der Waals surface area contributed by atoms with Gasteiger partial charge in [0, 0.05) is 17.5 Å². The van der Waals surface area contributed by atoms with Crippen LogP contribution < -0.4 is 9.47 Å².